The van der Waals surface area contributed by atoms with Crippen molar-refractivity contribution in [1.82, 2.24) is 4.57 Å². The molecule has 69 heavy (non-hydrogen) atoms. The summed E-state index contributed by atoms with van der Waals surface area (Å²) in [6.45, 7) is 0. The Morgan fingerprint density at radius 1 is 0.275 bits per heavy atom. The zero-order valence-corrected chi connectivity index (χ0v) is 37.7. The van der Waals surface area contributed by atoms with Crippen LogP contribution in [0, 0.1) is 0 Å². The summed E-state index contributed by atoms with van der Waals surface area (Å²) in [6, 6.07) is 96.0. The molecule has 0 fully saturated rings. The van der Waals surface area contributed by atoms with Gasteiger partial charge in [-0.3, -0.25) is 0 Å². The number of furan rings is 1. The highest BCUT2D eigenvalue weighted by atomic mass is 16.3. The molecule has 0 aliphatic carbocycles. The van der Waals surface area contributed by atoms with Gasteiger partial charge < -0.3 is 13.9 Å². The lowest BCUT2D eigenvalue weighted by molar-refractivity contribution is 0.670. The van der Waals surface area contributed by atoms with E-state index in [2.05, 4.69) is 264 Å². The molecule has 0 spiro atoms. The number of hydrogen-bond acceptors (Lipinski definition) is 2. The Balaban J connectivity index is 0.878. The second kappa shape index (κ2) is 16.9. The molecule has 13 aromatic rings. The van der Waals surface area contributed by atoms with Crippen LogP contribution in [0.25, 0.3) is 105 Å². The quantitative estimate of drug-likeness (QED) is 0.144. The molecular weight excluding hydrogens is 837 g/mol. The van der Waals surface area contributed by atoms with E-state index < -0.39 is 0 Å². The van der Waals surface area contributed by atoms with Crippen LogP contribution >= 0.6 is 0 Å². The summed E-state index contributed by atoms with van der Waals surface area (Å²) in [5, 5.41) is 4.75. The number of para-hydroxylation sites is 5. The standard InChI is InChI=1S/C66H44N2O/c1-2-15-45(16-3-1)46-31-33-47(34-32-46)48-35-39-53(40-36-48)67(55-20-13-19-52(44-55)57-25-14-26-61-60-24-7-11-30-65(60)69-66(57)61)54-41-37-49(38-42-54)50-17-12-18-51(43-50)56-21-4-8-27-62(56)68-63-28-9-5-22-58(63)59-23-6-10-29-64(59)68/h1-44H. The van der Waals surface area contributed by atoms with Crippen LogP contribution in [0.2, 0.25) is 0 Å². The Morgan fingerprint density at radius 3 is 1.41 bits per heavy atom. The predicted molar refractivity (Wildman–Crippen MR) is 290 cm³/mol. The van der Waals surface area contributed by atoms with Crippen molar-refractivity contribution < 1.29 is 4.42 Å². The number of aromatic nitrogens is 1. The molecule has 0 amide bonds. The molecule has 324 valence electrons. The molecule has 3 nitrogen and oxygen atoms in total. The third-order valence-electron chi connectivity index (χ3n) is 13.6. The molecule has 0 saturated carbocycles. The topological polar surface area (TPSA) is 21.3 Å². The van der Waals surface area contributed by atoms with Gasteiger partial charge in [0.2, 0.25) is 0 Å². The van der Waals surface area contributed by atoms with Gasteiger partial charge >= 0.3 is 0 Å². The largest absolute Gasteiger partial charge is 0.455 e. The van der Waals surface area contributed by atoms with Crippen LogP contribution in [-0.2, 0) is 0 Å². The predicted octanol–water partition coefficient (Wildman–Crippen LogP) is 18.5. The van der Waals surface area contributed by atoms with Crippen molar-refractivity contribution in [2.24, 2.45) is 0 Å². The zero-order valence-electron chi connectivity index (χ0n) is 37.7. The van der Waals surface area contributed by atoms with E-state index in [-0.39, 0.29) is 0 Å². The molecule has 0 bridgehead atoms. The maximum Gasteiger partial charge on any atom is 0.143 e. The molecular formula is C66H44N2O. The summed E-state index contributed by atoms with van der Waals surface area (Å²) in [4.78, 5) is 2.35. The van der Waals surface area contributed by atoms with Gasteiger partial charge in [-0.25, -0.2) is 0 Å². The van der Waals surface area contributed by atoms with Crippen molar-refractivity contribution in [2.45, 2.75) is 0 Å². The van der Waals surface area contributed by atoms with Gasteiger partial charge in [-0.2, -0.15) is 0 Å². The van der Waals surface area contributed by atoms with Crippen molar-refractivity contribution in [3.05, 3.63) is 267 Å². The second-order valence-corrected chi connectivity index (χ2v) is 17.7. The summed E-state index contributed by atoms with van der Waals surface area (Å²) in [5.41, 5.74) is 20.1. The van der Waals surface area contributed by atoms with Gasteiger partial charge in [0, 0.05) is 49.7 Å². The van der Waals surface area contributed by atoms with Crippen LogP contribution in [0.4, 0.5) is 17.1 Å². The summed E-state index contributed by atoms with van der Waals surface area (Å²) >= 11 is 0. The number of fused-ring (bicyclic) bond motifs is 6. The third-order valence-corrected chi connectivity index (χ3v) is 13.6. The van der Waals surface area contributed by atoms with E-state index in [4.69, 9.17) is 4.42 Å². The van der Waals surface area contributed by atoms with E-state index in [1.807, 2.05) is 12.1 Å². The van der Waals surface area contributed by atoms with Gasteiger partial charge in [0.05, 0.1) is 16.7 Å². The molecule has 0 saturated heterocycles. The smallest absolute Gasteiger partial charge is 0.143 e. The molecule has 0 aliphatic rings. The Hall–Kier alpha value is -9.18. The summed E-state index contributed by atoms with van der Waals surface area (Å²) in [5.74, 6) is 0. The fraction of sp³-hybridized carbons (Fsp3) is 0. The maximum absolute atomic E-state index is 6.53. The van der Waals surface area contributed by atoms with Crippen molar-refractivity contribution in [3.8, 4) is 61.3 Å². The van der Waals surface area contributed by atoms with Crippen LogP contribution in [-0.4, -0.2) is 4.57 Å². The van der Waals surface area contributed by atoms with Gasteiger partial charge in [-0.15, -0.1) is 0 Å². The zero-order chi connectivity index (χ0) is 45.7. The first-order valence-electron chi connectivity index (χ1n) is 23.6. The summed E-state index contributed by atoms with van der Waals surface area (Å²) in [6.07, 6.45) is 0. The lowest BCUT2D eigenvalue weighted by atomic mass is 9.97. The number of anilines is 3. The average Bonchev–Trinajstić information content (AvgIpc) is 3.98. The summed E-state index contributed by atoms with van der Waals surface area (Å²) < 4.78 is 8.94. The Labute approximate surface area is 401 Å². The molecule has 2 aromatic heterocycles. The molecule has 0 radical (unpaired) electrons. The second-order valence-electron chi connectivity index (χ2n) is 17.7. The molecule has 3 heteroatoms. The number of benzene rings is 11. The lowest BCUT2D eigenvalue weighted by Gasteiger charge is -2.26. The van der Waals surface area contributed by atoms with Crippen LogP contribution in [0.1, 0.15) is 0 Å². The number of nitrogens with zero attached hydrogens (tertiary/aromatic N) is 2. The van der Waals surface area contributed by atoms with Gasteiger partial charge in [-0.1, -0.05) is 200 Å². The molecule has 0 aliphatic heterocycles. The SMILES string of the molecule is c1ccc(-c2ccc(-c3ccc(N(c4ccc(-c5cccc(-c6ccccc6-n6c7ccccc7c7ccccc76)c5)cc4)c4cccc(-c5cccc6c5oc5ccccc56)c4)cc3)cc2)cc1. The van der Waals surface area contributed by atoms with E-state index in [1.165, 1.54) is 55.2 Å². The third kappa shape index (κ3) is 7.16. The van der Waals surface area contributed by atoms with E-state index in [0.717, 1.165) is 66.9 Å². The Morgan fingerprint density at radius 2 is 0.725 bits per heavy atom. The fourth-order valence-corrected chi connectivity index (χ4v) is 10.3. The minimum absolute atomic E-state index is 0.894. The van der Waals surface area contributed by atoms with Crippen LogP contribution in [0.15, 0.2) is 271 Å². The van der Waals surface area contributed by atoms with Gasteiger partial charge in [0.25, 0.3) is 0 Å². The highest BCUT2D eigenvalue weighted by molar-refractivity contribution is 6.11. The number of rotatable bonds is 9. The van der Waals surface area contributed by atoms with E-state index in [1.54, 1.807) is 0 Å². The maximum atomic E-state index is 6.53. The van der Waals surface area contributed by atoms with E-state index in [9.17, 15) is 0 Å². The minimum atomic E-state index is 0.894. The minimum Gasteiger partial charge on any atom is -0.455 e. The first-order chi connectivity index (χ1) is 34.2. The van der Waals surface area contributed by atoms with Crippen LogP contribution in [0.3, 0.4) is 0 Å². The molecule has 0 N–H and O–H groups in total. The van der Waals surface area contributed by atoms with Crippen molar-refractivity contribution in [1.29, 1.82) is 0 Å². The first-order valence-corrected chi connectivity index (χ1v) is 23.6. The molecule has 13 rings (SSSR count). The molecule has 0 unspecified atom stereocenters. The average molecular weight is 881 g/mol. The van der Waals surface area contributed by atoms with Crippen molar-refractivity contribution in [3.63, 3.8) is 0 Å². The molecule has 11 aromatic carbocycles. The highest BCUT2D eigenvalue weighted by Gasteiger charge is 2.19. The first kappa shape index (κ1) is 40.1. The Bertz CT molecular complexity index is 3940. The van der Waals surface area contributed by atoms with E-state index in [0.29, 0.717) is 0 Å². The molecule has 2 heterocycles. The van der Waals surface area contributed by atoms with Gasteiger partial charge in [-0.05, 0) is 111 Å². The fourth-order valence-electron chi connectivity index (χ4n) is 10.3. The van der Waals surface area contributed by atoms with Crippen molar-refractivity contribution in [2.75, 3.05) is 4.90 Å². The van der Waals surface area contributed by atoms with Crippen molar-refractivity contribution >= 4 is 60.8 Å². The van der Waals surface area contributed by atoms with Crippen LogP contribution in [0.5, 0.6) is 0 Å². The van der Waals surface area contributed by atoms with E-state index >= 15 is 0 Å². The normalized spacial score (nSPS) is 11.5. The van der Waals surface area contributed by atoms with Crippen LogP contribution < -0.4 is 4.90 Å². The number of hydrogen-bond donors (Lipinski definition) is 0. The molecule has 0 atom stereocenters. The lowest BCUT2D eigenvalue weighted by Crippen LogP contribution is -2.10. The van der Waals surface area contributed by atoms with Gasteiger partial charge in [0.15, 0.2) is 0 Å². The Kier molecular flexibility index (Phi) is 9.84. The monoisotopic (exact) mass is 880 g/mol. The summed E-state index contributed by atoms with van der Waals surface area (Å²) in [7, 11) is 0. The van der Waals surface area contributed by atoms with Gasteiger partial charge in [0.1, 0.15) is 11.2 Å². The highest BCUT2D eigenvalue weighted by Crippen LogP contribution is 2.42.